The number of hydrogen-bond acceptors (Lipinski definition) is 4. The van der Waals surface area contributed by atoms with E-state index >= 15 is 0 Å². The van der Waals surface area contributed by atoms with Gasteiger partial charge in [-0.05, 0) is 40.2 Å². The van der Waals surface area contributed by atoms with Gasteiger partial charge in [-0.1, -0.05) is 0 Å². The van der Waals surface area contributed by atoms with Gasteiger partial charge in [0.1, 0.15) is 0 Å². The lowest BCUT2D eigenvalue weighted by atomic mass is 10.2. The number of halogens is 1. The molecule has 0 fully saturated rings. The topological polar surface area (TPSA) is 60.9 Å². The highest BCUT2D eigenvalue weighted by Crippen LogP contribution is 2.20. The normalized spacial score (nSPS) is 11.0. The maximum atomic E-state index is 12.4. The minimum Gasteiger partial charge on any atom is -0.399 e. The van der Waals surface area contributed by atoms with Crippen LogP contribution in [0.2, 0.25) is 0 Å². The van der Waals surface area contributed by atoms with E-state index in [9.17, 15) is 4.79 Å². The number of nitrogen functional groups attached to an aromatic ring is 1. The number of nitrogens with zero attached hydrogens (tertiary/aromatic N) is 2. The Morgan fingerprint density at radius 3 is 2.95 bits per heavy atom. The fraction of sp³-hybridized carbons (Fsp3) is 0.0769. The van der Waals surface area contributed by atoms with Crippen molar-refractivity contribution in [3.8, 4) is 0 Å². The zero-order valence-corrected chi connectivity index (χ0v) is 12.2. The summed E-state index contributed by atoms with van der Waals surface area (Å²) in [5.41, 5.74) is 6.89. The Morgan fingerprint density at radius 1 is 1.37 bits per heavy atom. The summed E-state index contributed by atoms with van der Waals surface area (Å²) in [6.45, 7) is 0.521. The van der Waals surface area contributed by atoms with E-state index in [1.54, 1.807) is 40.4 Å². The fourth-order valence-electron chi connectivity index (χ4n) is 1.89. The monoisotopic (exact) mass is 335 g/mol. The van der Waals surface area contributed by atoms with E-state index in [2.05, 4.69) is 20.9 Å². The molecule has 0 saturated carbocycles. The molecule has 0 unspecified atom stereocenters. The van der Waals surface area contributed by atoms with E-state index in [0.29, 0.717) is 23.1 Å². The summed E-state index contributed by atoms with van der Waals surface area (Å²) in [4.78, 5) is 17.7. The lowest BCUT2D eigenvalue weighted by molar-refractivity contribution is 0.758. The summed E-state index contributed by atoms with van der Waals surface area (Å²) in [5.74, 6) is 0. The molecule has 96 valence electrons. The van der Waals surface area contributed by atoms with E-state index in [-0.39, 0.29) is 5.56 Å². The molecule has 4 nitrogen and oxygen atoms in total. The van der Waals surface area contributed by atoms with Gasteiger partial charge < -0.3 is 5.73 Å². The van der Waals surface area contributed by atoms with Crippen molar-refractivity contribution in [1.29, 1.82) is 0 Å². The molecule has 1 aromatic carbocycles. The summed E-state index contributed by atoms with van der Waals surface area (Å²) in [5, 5.41) is 2.55. The van der Waals surface area contributed by atoms with Gasteiger partial charge in [0.2, 0.25) is 0 Å². The lowest BCUT2D eigenvalue weighted by Gasteiger charge is -2.05. The van der Waals surface area contributed by atoms with Gasteiger partial charge in [0.05, 0.1) is 23.8 Å². The molecule has 0 amide bonds. The largest absolute Gasteiger partial charge is 0.399 e. The van der Waals surface area contributed by atoms with Gasteiger partial charge in [-0.25, -0.2) is 4.98 Å². The van der Waals surface area contributed by atoms with Gasteiger partial charge in [0.15, 0.2) is 0 Å². The second-order valence-electron chi connectivity index (χ2n) is 4.19. The molecule has 0 radical (unpaired) electrons. The quantitative estimate of drug-likeness (QED) is 0.732. The smallest absolute Gasteiger partial charge is 0.261 e. The minimum absolute atomic E-state index is 0.0678. The Bertz CT molecular complexity index is 809. The molecule has 19 heavy (non-hydrogen) atoms. The molecule has 2 N–H and O–H groups in total. The van der Waals surface area contributed by atoms with Crippen molar-refractivity contribution in [2.24, 2.45) is 0 Å². The second-order valence-corrected chi connectivity index (χ2v) is 6.10. The molecule has 0 spiro atoms. The molecule has 2 aromatic heterocycles. The molecule has 2 heterocycles. The SMILES string of the molecule is Nc1ccc2ncn(Cc3cc(Br)cs3)c(=O)c2c1. The summed E-state index contributed by atoms with van der Waals surface area (Å²) in [6.07, 6.45) is 1.58. The Labute approximate surface area is 121 Å². The van der Waals surface area contributed by atoms with Gasteiger partial charge in [-0.15, -0.1) is 11.3 Å². The van der Waals surface area contributed by atoms with Crippen LogP contribution in [0.4, 0.5) is 5.69 Å². The fourth-order valence-corrected chi connectivity index (χ4v) is 3.34. The molecule has 0 aliphatic rings. The van der Waals surface area contributed by atoms with Gasteiger partial charge in [0, 0.05) is 20.4 Å². The maximum absolute atomic E-state index is 12.4. The number of anilines is 1. The molecule has 3 rings (SSSR count). The molecule has 0 bridgehead atoms. The van der Waals surface area contributed by atoms with E-state index in [1.165, 1.54) is 0 Å². The molecular weight excluding hydrogens is 326 g/mol. The second kappa shape index (κ2) is 4.79. The molecular formula is C13H10BrN3OS. The van der Waals surface area contributed by atoms with Crippen LogP contribution in [0, 0.1) is 0 Å². The summed E-state index contributed by atoms with van der Waals surface area (Å²) < 4.78 is 2.62. The Balaban J connectivity index is 2.09. The van der Waals surface area contributed by atoms with Crippen molar-refractivity contribution in [3.05, 3.63) is 55.7 Å². The molecule has 0 atom stereocenters. The van der Waals surface area contributed by atoms with Crippen LogP contribution in [0.5, 0.6) is 0 Å². The predicted molar refractivity (Wildman–Crippen MR) is 81.5 cm³/mol. The zero-order valence-electron chi connectivity index (χ0n) is 9.84. The van der Waals surface area contributed by atoms with Crippen LogP contribution < -0.4 is 11.3 Å². The number of nitrogens with two attached hydrogens (primary N) is 1. The van der Waals surface area contributed by atoms with E-state index < -0.39 is 0 Å². The highest BCUT2D eigenvalue weighted by molar-refractivity contribution is 9.10. The number of fused-ring (bicyclic) bond motifs is 1. The first-order valence-corrected chi connectivity index (χ1v) is 7.28. The third-order valence-electron chi connectivity index (χ3n) is 2.80. The molecule has 3 aromatic rings. The number of hydrogen-bond donors (Lipinski definition) is 1. The highest BCUT2D eigenvalue weighted by Gasteiger charge is 2.06. The van der Waals surface area contributed by atoms with Crippen LogP contribution >= 0.6 is 27.3 Å². The Kier molecular flexibility index (Phi) is 3.12. The predicted octanol–water partition coefficient (Wildman–Crippen LogP) is 2.85. The van der Waals surface area contributed by atoms with Crippen molar-refractivity contribution >= 4 is 43.9 Å². The van der Waals surface area contributed by atoms with E-state index in [1.807, 2.05) is 11.4 Å². The summed E-state index contributed by atoms with van der Waals surface area (Å²) in [6, 6.07) is 7.18. The van der Waals surface area contributed by atoms with Crippen LogP contribution in [-0.2, 0) is 6.54 Å². The van der Waals surface area contributed by atoms with Crippen molar-refractivity contribution < 1.29 is 0 Å². The van der Waals surface area contributed by atoms with Crippen LogP contribution in [0.3, 0.4) is 0 Å². The van der Waals surface area contributed by atoms with Gasteiger partial charge in [0.25, 0.3) is 5.56 Å². The molecule has 0 aliphatic heterocycles. The first-order valence-electron chi connectivity index (χ1n) is 5.61. The van der Waals surface area contributed by atoms with E-state index in [4.69, 9.17) is 5.73 Å². The number of benzene rings is 1. The summed E-state index contributed by atoms with van der Waals surface area (Å²) in [7, 11) is 0. The van der Waals surface area contributed by atoms with Crippen molar-refractivity contribution in [2.75, 3.05) is 5.73 Å². The zero-order chi connectivity index (χ0) is 13.4. The van der Waals surface area contributed by atoms with Crippen LogP contribution in [0.15, 0.2) is 45.2 Å². The number of rotatable bonds is 2. The third-order valence-corrected chi connectivity index (χ3v) is 4.48. The maximum Gasteiger partial charge on any atom is 0.261 e. The lowest BCUT2D eigenvalue weighted by Crippen LogP contribution is -2.20. The Hall–Kier alpha value is -1.66. The average Bonchev–Trinajstić information content (AvgIpc) is 2.79. The van der Waals surface area contributed by atoms with Gasteiger partial charge in [-0.3, -0.25) is 9.36 Å². The van der Waals surface area contributed by atoms with Crippen LogP contribution in [0.25, 0.3) is 10.9 Å². The first kappa shape index (κ1) is 12.4. The van der Waals surface area contributed by atoms with Gasteiger partial charge in [-0.2, -0.15) is 0 Å². The van der Waals surface area contributed by atoms with Crippen molar-refractivity contribution in [2.45, 2.75) is 6.54 Å². The first-order chi connectivity index (χ1) is 9.13. The summed E-state index contributed by atoms with van der Waals surface area (Å²) >= 11 is 5.01. The third kappa shape index (κ3) is 2.41. The number of thiophene rings is 1. The van der Waals surface area contributed by atoms with Crippen molar-refractivity contribution in [3.63, 3.8) is 0 Å². The number of aromatic nitrogens is 2. The van der Waals surface area contributed by atoms with Gasteiger partial charge >= 0.3 is 0 Å². The molecule has 0 saturated heterocycles. The van der Waals surface area contributed by atoms with Crippen molar-refractivity contribution in [1.82, 2.24) is 9.55 Å². The minimum atomic E-state index is -0.0678. The highest BCUT2D eigenvalue weighted by atomic mass is 79.9. The van der Waals surface area contributed by atoms with Crippen LogP contribution in [-0.4, -0.2) is 9.55 Å². The van der Waals surface area contributed by atoms with Crippen LogP contribution in [0.1, 0.15) is 4.88 Å². The Morgan fingerprint density at radius 2 is 2.21 bits per heavy atom. The molecule has 0 aliphatic carbocycles. The molecule has 6 heteroatoms. The average molecular weight is 336 g/mol. The van der Waals surface area contributed by atoms with E-state index in [0.717, 1.165) is 9.35 Å². The standard InChI is InChI=1S/C13H10BrN3OS/c14-8-3-10(19-6-8)5-17-7-16-12-2-1-9(15)4-11(12)13(17)18/h1-4,6-7H,5,15H2.